The molecule has 1 aliphatic rings. The summed E-state index contributed by atoms with van der Waals surface area (Å²) in [4.78, 5) is 2.54. The molecule has 0 aromatic carbocycles. The fraction of sp³-hybridized carbons (Fsp3) is 1.00. The molecule has 0 saturated carbocycles. The molecule has 0 aliphatic carbocycles. The van der Waals surface area contributed by atoms with Gasteiger partial charge in [0, 0.05) is 13.2 Å². The standard InChI is InChI=1S/C13H27NO/c1-3-5-6-11-15-12-13-7-9-14(4-2)10-8-13/h13H,3-12H2,1-2H3. The first-order valence-electron chi connectivity index (χ1n) is 6.66. The van der Waals surface area contributed by atoms with E-state index in [0.29, 0.717) is 0 Å². The Labute approximate surface area is 95.0 Å². The van der Waals surface area contributed by atoms with Crippen molar-refractivity contribution in [1.29, 1.82) is 0 Å². The van der Waals surface area contributed by atoms with Crippen molar-refractivity contribution in [2.75, 3.05) is 32.8 Å². The number of hydrogen-bond acceptors (Lipinski definition) is 2. The first kappa shape index (κ1) is 13.0. The number of hydrogen-bond donors (Lipinski definition) is 0. The molecule has 90 valence electrons. The summed E-state index contributed by atoms with van der Waals surface area (Å²) >= 11 is 0. The lowest BCUT2D eigenvalue weighted by atomic mass is 9.98. The van der Waals surface area contributed by atoms with Gasteiger partial charge in [-0.2, -0.15) is 0 Å². The van der Waals surface area contributed by atoms with E-state index in [2.05, 4.69) is 18.7 Å². The molecule has 0 N–H and O–H groups in total. The van der Waals surface area contributed by atoms with E-state index in [1.807, 2.05) is 0 Å². The number of nitrogens with zero attached hydrogens (tertiary/aromatic N) is 1. The van der Waals surface area contributed by atoms with Crippen molar-refractivity contribution in [3.63, 3.8) is 0 Å². The van der Waals surface area contributed by atoms with Crippen molar-refractivity contribution in [3.8, 4) is 0 Å². The molecule has 1 heterocycles. The molecule has 0 aromatic heterocycles. The summed E-state index contributed by atoms with van der Waals surface area (Å²) < 4.78 is 5.73. The molecule has 1 aliphatic heterocycles. The van der Waals surface area contributed by atoms with Gasteiger partial charge in [-0.3, -0.25) is 0 Å². The van der Waals surface area contributed by atoms with Crippen molar-refractivity contribution >= 4 is 0 Å². The van der Waals surface area contributed by atoms with Crippen molar-refractivity contribution in [1.82, 2.24) is 4.90 Å². The Morgan fingerprint density at radius 1 is 1.13 bits per heavy atom. The average molecular weight is 213 g/mol. The van der Waals surface area contributed by atoms with Crippen LogP contribution in [0.15, 0.2) is 0 Å². The van der Waals surface area contributed by atoms with Gasteiger partial charge in [0.1, 0.15) is 0 Å². The Balaban J connectivity index is 1.94. The van der Waals surface area contributed by atoms with Gasteiger partial charge in [0.05, 0.1) is 0 Å². The molecule has 2 nitrogen and oxygen atoms in total. The minimum atomic E-state index is 0.828. The zero-order chi connectivity index (χ0) is 10.9. The monoisotopic (exact) mass is 213 g/mol. The second-order valence-corrected chi connectivity index (χ2v) is 4.66. The van der Waals surface area contributed by atoms with Gasteiger partial charge < -0.3 is 9.64 Å². The third kappa shape index (κ3) is 5.53. The van der Waals surface area contributed by atoms with Crippen molar-refractivity contribution in [2.45, 2.75) is 46.0 Å². The molecular weight excluding hydrogens is 186 g/mol. The van der Waals surface area contributed by atoms with E-state index in [0.717, 1.165) is 19.1 Å². The van der Waals surface area contributed by atoms with Crippen LogP contribution in [0.2, 0.25) is 0 Å². The number of ether oxygens (including phenoxy) is 1. The zero-order valence-corrected chi connectivity index (χ0v) is 10.5. The van der Waals surface area contributed by atoms with Crippen LogP contribution in [0, 0.1) is 5.92 Å². The van der Waals surface area contributed by atoms with E-state index in [1.165, 1.54) is 51.7 Å². The third-order valence-corrected chi connectivity index (χ3v) is 3.40. The molecular formula is C13H27NO. The van der Waals surface area contributed by atoms with Crippen LogP contribution in [-0.4, -0.2) is 37.7 Å². The van der Waals surface area contributed by atoms with Crippen LogP contribution in [0.25, 0.3) is 0 Å². The van der Waals surface area contributed by atoms with E-state index in [9.17, 15) is 0 Å². The molecule has 1 saturated heterocycles. The van der Waals surface area contributed by atoms with Crippen LogP contribution in [0.5, 0.6) is 0 Å². The summed E-state index contributed by atoms with van der Waals surface area (Å²) in [7, 11) is 0. The Hall–Kier alpha value is -0.0800. The maximum atomic E-state index is 5.73. The van der Waals surface area contributed by atoms with Gasteiger partial charge in [-0.15, -0.1) is 0 Å². The maximum Gasteiger partial charge on any atom is 0.0495 e. The van der Waals surface area contributed by atoms with Gasteiger partial charge in [0.2, 0.25) is 0 Å². The molecule has 1 fully saturated rings. The highest BCUT2D eigenvalue weighted by molar-refractivity contribution is 4.70. The highest BCUT2D eigenvalue weighted by atomic mass is 16.5. The molecule has 1 rings (SSSR count). The lowest BCUT2D eigenvalue weighted by molar-refractivity contribution is 0.0662. The normalized spacial score (nSPS) is 19.6. The van der Waals surface area contributed by atoms with Gasteiger partial charge in [0.25, 0.3) is 0 Å². The van der Waals surface area contributed by atoms with E-state index < -0.39 is 0 Å². The third-order valence-electron chi connectivity index (χ3n) is 3.40. The van der Waals surface area contributed by atoms with Crippen LogP contribution in [0.4, 0.5) is 0 Å². The Bertz CT molecular complexity index is 141. The van der Waals surface area contributed by atoms with E-state index in [-0.39, 0.29) is 0 Å². The van der Waals surface area contributed by atoms with Gasteiger partial charge >= 0.3 is 0 Å². The van der Waals surface area contributed by atoms with E-state index >= 15 is 0 Å². The predicted molar refractivity (Wildman–Crippen MR) is 65.2 cm³/mol. The highest BCUT2D eigenvalue weighted by Crippen LogP contribution is 2.17. The average Bonchev–Trinajstić information content (AvgIpc) is 2.30. The molecule has 0 spiro atoms. The molecule has 0 aromatic rings. The van der Waals surface area contributed by atoms with Gasteiger partial charge in [-0.05, 0) is 44.8 Å². The topological polar surface area (TPSA) is 12.5 Å². The molecule has 0 unspecified atom stereocenters. The lowest BCUT2D eigenvalue weighted by Gasteiger charge is -2.30. The molecule has 0 atom stereocenters. The first-order valence-corrected chi connectivity index (χ1v) is 6.66. The largest absolute Gasteiger partial charge is 0.381 e. The lowest BCUT2D eigenvalue weighted by Crippen LogP contribution is -2.34. The van der Waals surface area contributed by atoms with Crippen LogP contribution in [-0.2, 0) is 4.74 Å². The van der Waals surface area contributed by atoms with Crippen LogP contribution < -0.4 is 0 Å². The number of piperidine rings is 1. The number of rotatable bonds is 7. The van der Waals surface area contributed by atoms with E-state index in [4.69, 9.17) is 4.74 Å². The van der Waals surface area contributed by atoms with Crippen molar-refractivity contribution < 1.29 is 4.74 Å². The van der Waals surface area contributed by atoms with Crippen LogP contribution in [0.1, 0.15) is 46.0 Å². The summed E-state index contributed by atoms with van der Waals surface area (Å²) in [5.74, 6) is 0.828. The number of likely N-dealkylation sites (tertiary alicyclic amines) is 1. The minimum absolute atomic E-state index is 0.828. The minimum Gasteiger partial charge on any atom is -0.381 e. The second-order valence-electron chi connectivity index (χ2n) is 4.66. The van der Waals surface area contributed by atoms with E-state index in [1.54, 1.807) is 0 Å². The van der Waals surface area contributed by atoms with Crippen molar-refractivity contribution in [3.05, 3.63) is 0 Å². The number of unbranched alkanes of at least 4 members (excludes halogenated alkanes) is 2. The Kier molecular flexibility index (Phi) is 7.03. The molecule has 2 heteroatoms. The fourth-order valence-electron chi connectivity index (χ4n) is 2.17. The zero-order valence-electron chi connectivity index (χ0n) is 10.5. The maximum absolute atomic E-state index is 5.73. The molecule has 0 bridgehead atoms. The first-order chi connectivity index (χ1) is 7.36. The van der Waals surface area contributed by atoms with Gasteiger partial charge in [-0.25, -0.2) is 0 Å². The van der Waals surface area contributed by atoms with Gasteiger partial charge in [-0.1, -0.05) is 26.7 Å². The van der Waals surface area contributed by atoms with Crippen molar-refractivity contribution in [2.24, 2.45) is 5.92 Å². The Morgan fingerprint density at radius 3 is 2.47 bits per heavy atom. The SMILES string of the molecule is CCCCCOCC1CCN(CC)CC1. The highest BCUT2D eigenvalue weighted by Gasteiger charge is 2.17. The molecule has 0 radical (unpaired) electrons. The smallest absolute Gasteiger partial charge is 0.0495 e. The quantitative estimate of drug-likeness (QED) is 0.603. The summed E-state index contributed by atoms with van der Waals surface area (Å²) in [6.07, 6.45) is 6.51. The van der Waals surface area contributed by atoms with Gasteiger partial charge in [0.15, 0.2) is 0 Å². The molecule has 15 heavy (non-hydrogen) atoms. The predicted octanol–water partition coefficient (Wildman–Crippen LogP) is 2.93. The van der Waals surface area contributed by atoms with Crippen LogP contribution in [0.3, 0.4) is 0 Å². The van der Waals surface area contributed by atoms with Crippen LogP contribution >= 0.6 is 0 Å². The summed E-state index contributed by atoms with van der Waals surface area (Å²) in [6.45, 7) is 10.2. The fourth-order valence-corrected chi connectivity index (χ4v) is 2.17. The summed E-state index contributed by atoms with van der Waals surface area (Å²) in [6, 6.07) is 0. The summed E-state index contributed by atoms with van der Waals surface area (Å²) in [5.41, 5.74) is 0. The Morgan fingerprint density at radius 2 is 1.87 bits per heavy atom. The molecule has 0 amide bonds. The summed E-state index contributed by atoms with van der Waals surface area (Å²) in [5, 5.41) is 0. The second kappa shape index (κ2) is 8.12.